The first-order valence-electron chi connectivity index (χ1n) is 3.86. The van der Waals surface area contributed by atoms with Crippen molar-refractivity contribution >= 4 is 0 Å². The van der Waals surface area contributed by atoms with Crippen LogP contribution in [0.5, 0.6) is 0 Å². The van der Waals surface area contributed by atoms with E-state index in [0.29, 0.717) is 6.04 Å². The molecule has 2 N–H and O–H groups in total. The van der Waals surface area contributed by atoms with Gasteiger partial charge in [-0.3, -0.25) is 4.90 Å². The Labute approximate surface area is 56.0 Å². The van der Waals surface area contributed by atoms with Gasteiger partial charge in [-0.1, -0.05) is 6.42 Å². The smallest absolute Gasteiger partial charge is 0.0297 e. The van der Waals surface area contributed by atoms with Crippen LogP contribution < -0.4 is 5.73 Å². The lowest BCUT2D eigenvalue weighted by molar-refractivity contribution is 0.0500. The van der Waals surface area contributed by atoms with Crippen LogP contribution in [0.3, 0.4) is 0 Å². The Morgan fingerprint density at radius 3 is 2.22 bits per heavy atom. The second-order valence-corrected chi connectivity index (χ2v) is 3.30. The predicted octanol–water partition coefficient (Wildman–Crippen LogP) is 0.182. The summed E-state index contributed by atoms with van der Waals surface area (Å²) in [6.07, 6.45) is 4.29. The molecule has 0 aromatic rings. The molecule has 0 radical (unpaired) electrons. The molecule has 0 bridgehead atoms. The van der Waals surface area contributed by atoms with Crippen LogP contribution >= 0.6 is 0 Å². The molecule has 52 valence electrons. The minimum atomic E-state index is 0.491. The third kappa shape index (κ3) is 0.864. The maximum absolute atomic E-state index is 5.64. The zero-order valence-electron chi connectivity index (χ0n) is 5.71. The van der Waals surface area contributed by atoms with Gasteiger partial charge in [0.15, 0.2) is 0 Å². The van der Waals surface area contributed by atoms with Crippen molar-refractivity contribution in [3.8, 4) is 0 Å². The van der Waals surface area contributed by atoms with E-state index in [4.69, 9.17) is 5.73 Å². The molecule has 2 fully saturated rings. The molecule has 2 nitrogen and oxygen atoms in total. The molecule has 1 aliphatic carbocycles. The minimum Gasteiger partial charge on any atom is -0.325 e. The van der Waals surface area contributed by atoms with Crippen LogP contribution in [0, 0.1) is 0 Å². The van der Waals surface area contributed by atoms with Gasteiger partial charge in [-0.2, -0.15) is 0 Å². The van der Waals surface area contributed by atoms with E-state index in [-0.39, 0.29) is 0 Å². The van der Waals surface area contributed by atoms with Crippen molar-refractivity contribution in [1.82, 2.24) is 4.90 Å². The Morgan fingerprint density at radius 2 is 1.89 bits per heavy atom. The molecular formula is C7H14N2. The van der Waals surface area contributed by atoms with E-state index in [1.165, 1.54) is 19.3 Å². The quantitative estimate of drug-likeness (QED) is 0.543. The molecule has 1 aliphatic heterocycles. The number of nitrogens with two attached hydrogens (primary N) is 1. The van der Waals surface area contributed by atoms with Crippen molar-refractivity contribution in [2.45, 2.75) is 31.3 Å². The van der Waals surface area contributed by atoms with Crippen LogP contribution in [0.25, 0.3) is 0 Å². The van der Waals surface area contributed by atoms with Gasteiger partial charge in [-0.25, -0.2) is 0 Å². The molecular weight excluding hydrogens is 112 g/mol. The van der Waals surface area contributed by atoms with Crippen LogP contribution in [-0.2, 0) is 0 Å². The van der Waals surface area contributed by atoms with Crippen molar-refractivity contribution in [2.75, 3.05) is 13.1 Å². The van der Waals surface area contributed by atoms with Crippen molar-refractivity contribution in [3.63, 3.8) is 0 Å². The summed E-state index contributed by atoms with van der Waals surface area (Å²) < 4.78 is 0. The van der Waals surface area contributed by atoms with Gasteiger partial charge in [0.1, 0.15) is 0 Å². The first-order valence-corrected chi connectivity index (χ1v) is 3.86. The molecule has 0 spiro atoms. The Kier molecular flexibility index (Phi) is 1.24. The van der Waals surface area contributed by atoms with Crippen molar-refractivity contribution in [3.05, 3.63) is 0 Å². The summed E-state index contributed by atoms with van der Waals surface area (Å²) >= 11 is 0. The monoisotopic (exact) mass is 126 g/mol. The third-order valence-electron chi connectivity index (χ3n) is 2.53. The van der Waals surface area contributed by atoms with Gasteiger partial charge in [0, 0.05) is 25.2 Å². The van der Waals surface area contributed by atoms with Crippen molar-refractivity contribution in [1.29, 1.82) is 0 Å². The maximum Gasteiger partial charge on any atom is 0.0297 e. The van der Waals surface area contributed by atoms with Crippen LogP contribution in [0.4, 0.5) is 0 Å². The highest BCUT2D eigenvalue weighted by atomic mass is 15.2. The summed E-state index contributed by atoms with van der Waals surface area (Å²) in [5.74, 6) is 0. The Balaban J connectivity index is 1.75. The summed E-state index contributed by atoms with van der Waals surface area (Å²) in [5.41, 5.74) is 5.64. The largest absolute Gasteiger partial charge is 0.325 e. The van der Waals surface area contributed by atoms with Crippen LogP contribution in [0.1, 0.15) is 19.3 Å². The molecule has 0 amide bonds. The molecule has 2 heteroatoms. The molecule has 1 saturated carbocycles. The second kappa shape index (κ2) is 1.96. The lowest BCUT2D eigenvalue weighted by Crippen LogP contribution is -2.60. The highest BCUT2D eigenvalue weighted by Crippen LogP contribution is 2.27. The lowest BCUT2D eigenvalue weighted by Gasteiger charge is -2.46. The minimum absolute atomic E-state index is 0.491. The fourth-order valence-corrected chi connectivity index (χ4v) is 1.60. The summed E-state index contributed by atoms with van der Waals surface area (Å²) in [6.45, 7) is 2.31. The van der Waals surface area contributed by atoms with Crippen LogP contribution in [0.15, 0.2) is 0 Å². The van der Waals surface area contributed by atoms with Crippen LogP contribution in [-0.4, -0.2) is 30.1 Å². The summed E-state index contributed by atoms with van der Waals surface area (Å²) in [4.78, 5) is 2.51. The van der Waals surface area contributed by atoms with E-state index >= 15 is 0 Å². The first kappa shape index (κ1) is 5.69. The number of nitrogens with zero attached hydrogens (tertiary/aromatic N) is 1. The number of likely N-dealkylation sites (tertiary alicyclic amines) is 1. The van der Waals surface area contributed by atoms with Crippen molar-refractivity contribution < 1.29 is 0 Å². The van der Waals surface area contributed by atoms with Gasteiger partial charge in [0.2, 0.25) is 0 Å². The molecule has 0 unspecified atom stereocenters. The molecule has 0 aromatic carbocycles. The van der Waals surface area contributed by atoms with E-state index in [2.05, 4.69) is 4.90 Å². The first-order chi connectivity index (χ1) is 4.36. The summed E-state index contributed by atoms with van der Waals surface area (Å²) in [5, 5.41) is 0. The Hall–Kier alpha value is -0.0800. The van der Waals surface area contributed by atoms with Gasteiger partial charge < -0.3 is 5.73 Å². The van der Waals surface area contributed by atoms with E-state index in [1.807, 2.05) is 0 Å². The highest BCUT2D eigenvalue weighted by molar-refractivity contribution is 4.91. The van der Waals surface area contributed by atoms with Gasteiger partial charge in [0.05, 0.1) is 0 Å². The van der Waals surface area contributed by atoms with Crippen LogP contribution in [0.2, 0.25) is 0 Å². The Bertz CT molecular complexity index is 103. The third-order valence-corrected chi connectivity index (χ3v) is 2.53. The van der Waals surface area contributed by atoms with Gasteiger partial charge in [0.25, 0.3) is 0 Å². The van der Waals surface area contributed by atoms with Gasteiger partial charge in [-0.05, 0) is 12.8 Å². The molecule has 0 aromatic heterocycles. The molecule has 1 saturated heterocycles. The fraction of sp³-hybridized carbons (Fsp3) is 1.00. The maximum atomic E-state index is 5.64. The number of hydrogen-bond donors (Lipinski definition) is 1. The number of hydrogen-bond acceptors (Lipinski definition) is 2. The van der Waals surface area contributed by atoms with E-state index < -0.39 is 0 Å². The fourth-order valence-electron chi connectivity index (χ4n) is 1.60. The normalized spacial score (nSPS) is 31.7. The topological polar surface area (TPSA) is 29.3 Å². The average Bonchev–Trinajstić information content (AvgIpc) is 1.57. The zero-order valence-corrected chi connectivity index (χ0v) is 5.71. The predicted molar refractivity (Wildman–Crippen MR) is 37.2 cm³/mol. The highest BCUT2D eigenvalue weighted by Gasteiger charge is 2.32. The van der Waals surface area contributed by atoms with E-state index in [0.717, 1.165) is 19.1 Å². The summed E-state index contributed by atoms with van der Waals surface area (Å²) in [6, 6.07) is 1.41. The standard InChI is InChI=1S/C7H14N2/c8-6-4-9(5-6)7-2-1-3-7/h6-7H,1-5,8H2. The summed E-state index contributed by atoms with van der Waals surface area (Å²) in [7, 11) is 0. The Morgan fingerprint density at radius 1 is 1.22 bits per heavy atom. The molecule has 9 heavy (non-hydrogen) atoms. The molecule has 1 heterocycles. The zero-order chi connectivity index (χ0) is 6.27. The molecule has 2 aliphatic rings. The SMILES string of the molecule is NC1CN(C2CCC2)C1. The van der Waals surface area contributed by atoms with E-state index in [9.17, 15) is 0 Å². The average molecular weight is 126 g/mol. The van der Waals surface area contributed by atoms with Gasteiger partial charge in [-0.15, -0.1) is 0 Å². The molecule has 0 atom stereocenters. The van der Waals surface area contributed by atoms with E-state index in [1.54, 1.807) is 0 Å². The van der Waals surface area contributed by atoms with Gasteiger partial charge >= 0.3 is 0 Å². The second-order valence-electron chi connectivity index (χ2n) is 3.30. The van der Waals surface area contributed by atoms with Crippen molar-refractivity contribution in [2.24, 2.45) is 5.73 Å². The lowest BCUT2D eigenvalue weighted by atomic mass is 9.88. The molecule has 2 rings (SSSR count). The number of rotatable bonds is 1.